The first-order chi connectivity index (χ1) is 9.22. The largest absolute Gasteiger partial charge is 0.471 e. The van der Waals surface area contributed by atoms with Gasteiger partial charge in [-0.05, 0) is 6.07 Å². The van der Waals surface area contributed by atoms with E-state index in [-0.39, 0.29) is 12.1 Å². The van der Waals surface area contributed by atoms with Crippen LogP contribution < -0.4 is 10.1 Å². The Morgan fingerprint density at radius 3 is 3.16 bits per heavy atom. The highest BCUT2D eigenvalue weighted by atomic mass is 35.5. The SMILES string of the molecule is N#Cc1ccnc(OC2CN(C(=O)NCCCl)C2)c1. The highest BCUT2D eigenvalue weighted by Crippen LogP contribution is 2.16. The lowest BCUT2D eigenvalue weighted by Crippen LogP contribution is -2.59. The fourth-order valence-corrected chi connectivity index (χ4v) is 1.75. The average molecular weight is 281 g/mol. The summed E-state index contributed by atoms with van der Waals surface area (Å²) in [6.07, 6.45) is 1.44. The van der Waals surface area contributed by atoms with E-state index in [2.05, 4.69) is 10.3 Å². The van der Waals surface area contributed by atoms with Crippen molar-refractivity contribution in [2.24, 2.45) is 0 Å². The molecule has 2 rings (SSSR count). The Hall–Kier alpha value is -2.00. The summed E-state index contributed by atoms with van der Waals surface area (Å²) in [5.41, 5.74) is 0.501. The molecule has 1 aromatic rings. The Morgan fingerprint density at radius 2 is 2.47 bits per heavy atom. The van der Waals surface area contributed by atoms with Crippen molar-refractivity contribution in [3.63, 3.8) is 0 Å². The van der Waals surface area contributed by atoms with Crippen LogP contribution in [0.25, 0.3) is 0 Å². The molecule has 0 aliphatic carbocycles. The summed E-state index contributed by atoms with van der Waals surface area (Å²) >= 11 is 5.48. The van der Waals surface area contributed by atoms with Crippen LogP contribution in [0.15, 0.2) is 18.3 Å². The van der Waals surface area contributed by atoms with E-state index in [1.165, 1.54) is 6.20 Å². The van der Waals surface area contributed by atoms with Crippen molar-refractivity contribution >= 4 is 17.6 Å². The number of carbonyl (C=O) groups is 1. The van der Waals surface area contributed by atoms with E-state index in [1.807, 2.05) is 6.07 Å². The Bertz CT molecular complexity index is 497. The van der Waals surface area contributed by atoms with Crippen molar-refractivity contribution in [2.75, 3.05) is 25.5 Å². The minimum atomic E-state index is -0.140. The van der Waals surface area contributed by atoms with Crippen molar-refractivity contribution < 1.29 is 9.53 Å². The van der Waals surface area contributed by atoms with E-state index in [1.54, 1.807) is 17.0 Å². The zero-order valence-electron chi connectivity index (χ0n) is 10.2. The number of hydrogen-bond donors (Lipinski definition) is 1. The summed E-state index contributed by atoms with van der Waals surface area (Å²) in [7, 11) is 0. The van der Waals surface area contributed by atoms with Crippen molar-refractivity contribution in [2.45, 2.75) is 6.10 Å². The predicted molar refractivity (Wildman–Crippen MR) is 69.1 cm³/mol. The normalized spacial score (nSPS) is 14.4. The molecule has 0 radical (unpaired) electrons. The number of alkyl halides is 1. The third-order valence-corrected chi connectivity index (χ3v) is 2.85. The molecule has 6 nitrogen and oxygen atoms in total. The molecular weight excluding hydrogens is 268 g/mol. The Labute approximate surface area is 115 Å². The van der Waals surface area contributed by atoms with Gasteiger partial charge in [0.05, 0.1) is 24.7 Å². The van der Waals surface area contributed by atoms with Crippen LogP contribution >= 0.6 is 11.6 Å². The third-order valence-electron chi connectivity index (χ3n) is 2.66. The number of ether oxygens (including phenoxy) is 1. The topological polar surface area (TPSA) is 78.2 Å². The van der Waals surface area contributed by atoms with Gasteiger partial charge in [0.1, 0.15) is 6.10 Å². The van der Waals surface area contributed by atoms with Gasteiger partial charge in [-0.25, -0.2) is 9.78 Å². The van der Waals surface area contributed by atoms with Crippen LogP contribution in [0.2, 0.25) is 0 Å². The third kappa shape index (κ3) is 3.48. The second kappa shape index (κ2) is 6.25. The number of likely N-dealkylation sites (tertiary alicyclic amines) is 1. The molecule has 7 heteroatoms. The van der Waals surface area contributed by atoms with E-state index in [0.717, 1.165) is 0 Å². The molecule has 1 aliphatic heterocycles. The van der Waals surface area contributed by atoms with Crippen molar-refractivity contribution in [3.8, 4) is 11.9 Å². The van der Waals surface area contributed by atoms with Gasteiger partial charge in [-0.2, -0.15) is 5.26 Å². The maximum Gasteiger partial charge on any atom is 0.317 e. The predicted octanol–water partition coefficient (Wildman–Crippen LogP) is 0.965. The number of hydrogen-bond acceptors (Lipinski definition) is 4. The summed E-state index contributed by atoms with van der Waals surface area (Å²) < 4.78 is 5.57. The van der Waals surface area contributed by atoms with Gasteiger partial charge in [-0.15, -0.1) is 11.6 Å². The highest BCUT2D eigenvalue weighted by Gasteiger charge is 2.32. The molecule has 0 bridgehead atoms. The number of pyridine rings is 1. The number of rotatable bonds is 4. The van der Waals surface area contributed by atoms with Gasteiger partial charge in [0.2, 0.25) is 5.88 Å². The number of halogens is 1. The van der Waals surface area contributed by atoms with Crippen molar-refractivity contribution in [3.05, 3.63) is 23.9 Å². The van der Waals surface area contributed by atoms with E-state index >= 15 is 0 Å². The summed E-state index contributed by atoms with van der Waals surface area (Å²) in [5.74, 6) is 0.801. The monoisotopic (exact) mass is 280 g/mol. The number of nitriles is 1. The number of aromatic nitrogens is 1. The maximum atomic E-state index is 11.5. The molecule has 2 heterocycles. The molecule has 100 valence electrons. The van der Waals surface area contributed by atoms with E-state index in [9.17, 15) is 4.79 Å². The number of nitrogens with one attached hydrogen (secondary N) is 1. The molecule has 1 aliphatic rings. The van der Waals surface area contributed by atoms with Crippen molar-refractivity contribution in [1.82, 2.24) is 15.2 Å². The maximum absolute atomic E-state index is 11.5. The van der Waals surface area contributed by atoms with Gasteiger partial charge >= 0.3 is 6.03 Å². The van der Waals surface area contributed by atoms with Crippen LogP contribution in [0.3, 0.4) is 0 Å². The van der Waals surface area contributed by atoms with E-state index in [0.29, 0.717) is 37.0 Å². The van der Waals surface area contributed by atoms with Gasteiger partial charge in [0, 0.05) is 24.7 Å². The molecule has 0 unspecified atom stereocenters. The number of carbonyl (C=O) groups excluding carboxylic acids is 1. The minimum Gasteiger partial charge on any atom is -0.471 e. The summed E-state index contributed by atoms with van der Waals surface area (Å²) in [4.78, 5) is 17.2. The lowest BCUT2D eigenvalue weighted by Gasteiger charge is -2.38. The molecule has 1 saturated heterocycles. The fraction of sp³-hybridized carbons (Fsp3) is 0.417. The first kappa shape index (κ1) is 13.4. The molecule has 2 amide bonds. The second-order valence-electron chi connectivity index (χ2n) is 4.06. The van der Waals surface area contributed by atoms with Gasteiger partial charge in [0.15, 0.2) is 0 Å². The van der Waals surface area contributed by atoms with Crippen LogP contribution in [0, 0.1) is 11.3 Å². The standard InChI is InChI=1S/C12H13ClN4O2/c13-2-4-16-12(18)17-7-10(8-17)19-11-5-9(6-14)1-3-15-11/h1,3,5,10H,2,4,7-8H2,(H,16,18). The molecule has 1 N–H and O–H groups in total. The molecule has 0 spiro atoms. The molecule has 0 atom stereocenters. The van der Waals surface area contributed by atoms with Crippen LogP contribution in [0.5, 0.6) is 5.88 Å². The van der Waals surface area contributed by atoms with Gasteiger partial charge in [-0.3, -0.25) is 0 Å². The van der Waals surface area contributed by atoms with Gasteiger partial charge in [-0.1, -0.05) is 0 Å². The minimum absolute atomic E-state index is 0.0804. The van der Waals surface area contributed by atoms with E-state index in [4.69, 9.17) is 21.6 Å². The lowest BCUT2D eigenvalue weighted by atomic mass is 10.2. The van der Waals surface area contributed by atoms with E-state index < -0.39 is 0 Å². The zero-order chi connectivity index (χ0) is 13.7. The molecule has 1 fully saturated rings. The Kier molecular flexibility index (Phi) is 4.42. The number of urea groups is 1. The molecule has 19 heavy (non-hydrogen) atoms. The first-order valence-electron chi connectivity index (χ1n) is 5.84. The second-order valence-corrected chi connectivity index (χ2v) is 4.44. The molecule has 0 aromatic carbocycles. The molecule has 0 saturated carbocycles. The first-order valence-corrected chi connectivity index (χ1v) is 6.38. The lowest BCUT2D eigenvalue weighted by molar-refractivity contribution is 0.0416. The summed E-state index contributed by atoms with van der Waals surface area (Å²) in [5, 5.41) is 11.4. The van der Waals surface area contributed by atoms with Crippen LogP contribution in [-0.4, -0.2) is 47.5 Å². The zero-order valence-corrected chi connectivity index (χ0v) is 10.9. The number of amides is 2. The number of nitrogens with zero attached hydrogens (tertiary/aromatic N) is 3. The molecule has 1 aromatic heterocycles. The summed E-state index contributed by atoms with van der Waals surface area (Å²) in [6, 6.07) is 5.07. The van der Waals surface area contributed by atoms with Crippen LogP contribution in [0.1, 0.15) is 5.56 Å². The Balaban J connectivity index is 1.78. The van der Waals surface area contributed by atoms with Gasteiger partial charge < -0.3 is 15.0 Å². The van der Waals surface area contributed by atoms with Gasteiger partial charge in [0.25, 0.3) is 0 Å². The molecular formula is C12H13ClN4O2. The Morgan fingerprint density at radius 1 is 1.68 bits per heavy atom. The van der Waals surface area contributed by atoms with Crippen LogP contribution in [0.4, 0.5) is 4.79 Å². The highest BCUT2D eigenvalue weighted by molar-refractivity contribution is 6.18. The quantitative estimate of drug-likeness (QED) is 0.834. The van der Waals surface area contributed by atoms with Crippen LogP contribution in [-0.2, 0) is 0 Å². The average Bonchev–Trinajstić information content (AvgIpc) is 2.40. The summed E-state index contributed by atoms with van der Waals surface area (Å²) in [6.45, 7) is 1.47. The van der Waals surface area contributed by atoms with Crippen molar-refractivity contribution in [1.29, 1.82) is 5.26 Å². The smallest absolute Gasteiger partial charge is 0.317 e. The fourth-order valence-electron chi connectivity index (χ4n) is 1.66.